The Hall–Kier alpha value is -0.350. The highest BCUT2D eigenvalue weighted by molar-refractivity contribution is 9.09. The first-order valence-corrected chi connectivity index (χ1v) is 7.23. The minimum Gasteiger partial charge on any atom is -0.334 e. The van der Waals surface area contributed by atoms with E-state index in [0.29, 0.717) is 6.04 Å². The van der Waals surface area contributed by atoms with Crippen LogP contribution in [0.5, 0.6) is 0 Å². The molecule has 0 radical (unpaired) electrons. The van der Waals surface area contributed by atoms with Crippen molar-refractivity contribution in [3.05, 3.63) is 22.4 Å². The molecule has 0 unspecified atom stereocenters. The van der Waals surface area contributed by atoms with E-state index in [2.05, 4.69) is 15.9 Å². The van der Waals surface area contributed by atoms with Crippen molar-refractivity contribution >= 4 is 33.2 Å². The molecule has 15 heavy (non-hydrogen) atoms. The molecular formula is C11H14BrNOS. The van der Waals surface area contributed by atoms with Gasteiger partial charge in [-0.1, -0.05) is 22.0 Å². The minimum absolute atomic E-state index is 0.203. The minimum atomic E-state index is 0.203. The number of amides is 1. The maximum Gasteiger partial charge on any atom is 0.264 e. The highest BCUT2D eigenvalue weighted by atomic mass is 79.9. The van der Waals surface area contributed by atoms with Gasteiger partial charge < -0.3 is 4.90 Å². The largest absolute Gasteiger partial charge is 0.334 e. The fourth-order valence-electron chi connectivity index (χ4n) is 1.78. The van der Waals surface area contributed by atoms with Crippen molar-refractivity contribution in [3.63, 3.8) is 0 Å². The number of carbonyl (C=O) groups is 1. The second-order valence-electron chi connectivity index (χ2n) is 3.75. The van der Waals surface area contributed by atoms with Crippen LogP contribution in [0.2, 0.25) is 0 Å². The van der Waals surface area contributed by atoms with Crippen LogP contribution in [-0.4, -0.2) is 28.7 Å². The molecule has 2 rings (SSSR count). The van der Waals surface area contributed by atoms with Gasteiger partial charge in [0, 0.05) is 17.9 Å². The fourth-order valence-corrected chi connectivity index (χ4v) is 2.84. The Morgan fingerprint density at radius 1 is 1.60 bits per heavy atom. The number of hydrogen-bond donors (Lipinski definition) is 0. The van der Waals surface area contributed by atoms with Gasteiger partial charge in [0.05, 0.1) is 4.88 Å². The average molecular weight is 288 g/mol. The molecule has 1 aromatic heterocycles. The monoisotopic (exact) mass is 287 g/mol. The molecule has 1 fully saturated rings. The molecule has 1 heterocycles. The summed E-state index contributed by atoms with van der Waals surface area (Å²) in [5, 5.41) is 2.82. The Morgan fingerprint density at radius 3 is 2.87 bits per heavy atom. The van der Waals surface area contributed by atoms with E-state index in [9.17, 15) is 4.79 Å². The summed E-state index contributed by atoms with van der Waals surface area (Å²) in [4.78, 5) is 15.0. The van der Waals surface area contributed by atoms with Gasteiger partial charge >= 0.3 is 0 Å². The van der Waals surface area contributed by atoms with Gasteiger partial charge in [-0.3, -0.25) is 4.79 Å². The van der Waals surface area contributed by atoms with Crippen LogP contribution in [0.15, 0.2) is 17.5 Å². The smallest absolute Gasteiger partial charge is 0.264 e. The quantitative estimate of drug-likeness (QED) is 0.779. The topological polar surface area (TPSA) is 20.3 Å². The number of alkyl halides is 1. The lowest BCUT2D eigenvalue weighted by atomic mass is 9.91. The molecular weight excluding hydrogens is 274 g/mol. The van der Waals surface area contributed by atoms with Crippen LogP contribution in [-0.2, 0) is 0 Å². The molecule has 1 aliphatic rings. The lowest BCUT2D eigenvalue weighted by molar-refractivity contribution is 0.0604. The number of nitrogens with zero attached hydrogens (tertiary/aromatic N) is 1. The van der Waals surface area contributed by atoms with E-state index in [-0.39, 0.29) is 5.91 Å². The summed E-state index contributed by atoms with van der Waals surface area (Å²) in [6.07, 6.45) is 3.61. The Kier molecular flexibility index (Phi) is 3.81. The van der Waals surface area contributed by atoms with E-state index in [1.165, 1.54) is 30.6 Å². The van der Waals surface area contributed by atoms with Crippen LogP contribution >= 0.6 is 27.3 Å². The average Bonchev–Trinajstić information content (AvgIpc) is 2.66. The van der Waals surface area contributed by atoms with Crippen molar-refractivity contribution in [2.75, 3.05) is 11.9 Å². The van der Waals surface area contributed by atoms with Gasteiger partial charge in [0.15, 0.2) is 0 Å². The summed E-state index contributed by atoms with van der Waals surface area (Å²) in [6.45, 7) is 0.821. The van der Waals surface area contributed by atoms with Gasteiger partial charge in [-0.25, -0.2) is 0 Å². The van der Waals surface area contributed by atoms with Crippen LogP contribution in [0.4, 0.5) is 0 Å². The third-order valence-corrected chi connectivity index (χ3v) is 4.05. The lowest BCUT2D eigenvalue weighted by Gasteiger charge is -2.37. The summed E-state index contributed by atoms with van der Waals surface area (Å²) >= 11 is 4.94. The van der Waals surface area contributed by atoms with Crippen molar-refractivity contribution in [2.24, 2.45) is 0 Å². The van der Waals surface area contributed by atoms with E-state index < -0.39 is 0 Å². The third kappa shape index (κ3) is 2.42. The summed E-state index contributed by atoms with van der Waals surface area (Å²) in [6, 6.07) is 4.33. The summed E-state index contributed by atoms with van der Waals surface area (Å²) < 4.78 is 0. The van der Waals surface area contributed by atoms with Gasteiger partial charge in [0.1, 0.15) is 0 Å². The Balaban J connectivity index is 2.06. The molecule has 1 saturated carbocycles. The molecule has 0 spiro atoms. The van der Waals surface area contributed by atoms with Gasteiger partial charge in [-0.2, -0.15) is 0 Å². The predicted molar refractivity (Wildman–Crippen MR) is 66.8 cm³/mol. The first kappa shape index (κ1) is 11.1. The number of thiophene rings is 1. The van der Waals surface area contributed by atoms with E-state index in [1.54, 1.807) is 0 Å². The fraction of sp³-hybridized carbons (Fsp3) is 0.545. The Labute approximate surface area is 102 Å². The molecule has 82 valence electrons. The molecule has 4 heteroatoms. The summed E-state index contributed by atoms with van der Waals surface area (Å²) in [5.74, 6) is 0.203. The third-order valence-electron chi connectivity index (χ3n) is 2.83. The molecule has 1 aliphatic carbocycles. The van der Waals surface area contributed by atoms with Crippen LogP contribution in [0, 0.1) is 0 Å². The van der Waals surface area contributed by atoms with E-state index in [0.717, 1.165) is 16.8 Å². The van der Waals surface area contributed by atoms with Gasteiger partial charge in [0.25, 0.3) is 5.91 Å². The highest BCUT2D eigenvalue weighted by Gasteiger charge is 2.29. The molecule has 0 N–H and O–H groups in total. The molecule has 1 aromatic rings. The zero-order valence-corrected chi connectivity index (χ0v) is 10.9. The summed E-state index contributed by atoms with van der Waals surface area (Å²) in [7, 11) is 0. The standard InChI is InChI=1S/C11H14BrNOS/c12-6-7-13(9-3-1-4-9)11(14)10-5-2-8-15-10/h2,5,8-9H,1,3-4,6-7H2. The van der Waals surface area contributed by atoms with Gasteiger partial charge in [-0.15, -0.1) is 11.3 Å². The molecule has 0 atom stereocenters. The maximum atomic E-state index is 12.1. The van der Waals surface area contributed by atoms with Crippen LogP contribution < -0.4 is 0 Å². The Bertz CT molecular complexity index is 321. The number of hydrogen-bond acceptors (Lipinski definition) is 2. The Morgan fingerprint density at radius 2 is 2.40 bits per heavy atom. The van der Waals surface area contributed by atoms with Crippen LogP contribution in [0.3, 0.4) is 0 Å². The zero-order chi connectivity index (χ0) is 10.7. The molecule has 0 bridgehead atoms. The SMILES string of the molecule is O=C(c1cccs1)N(CCBr)C1CCC1. The van der Waals surface area contributed by atoms with Crippen molar-refractivity contribution < 1.29 is 4.79 Å². The normalized spacial score (nSPS) is 16.1. The molecule has 0 aliphatic heterocycles. The van der Waals surface area contributed by atoms with E-state index in [1.807, 2.05) is 22.4 Å². The second-order valence-corrected chi connectivity index (χ2v) is 5.49. The maximum absolute atomic E-state index is 12.1. The molecule has 1 amide bonds. The molecule has 2 nitrogen and oxygen atoms in total. The van der Waals surface area contributed by atoms with Crippen LogP contribution in [0.1, 0.15) is 28.9 Å². The van der Waals surface area contributed by atoms with Crippen molar-refractivity contribution in [2.45, 2.75) is 25.3 Å². The van der Waals surface area contributed by atoms with Gasteiger partial charge in [-0.05, 0) is 30.7 Å². The predicted octanol–water partition coefficient (Wildman–Crippen LogP) is 3.14. The first-order chi connectivity index (χ1) is 7.33. The molecule has 0 saturated heterocycles. The van der Waals surface area contributed by atoms with Crippen molar-refractivity contribution in [3.8, 4) is 0 Å². The van der Waals surface area contributed by atoms with Gasteiger partial charge in [0.2, 0.25) is 0 Å². The molecule has 0 aromatic carbocycles. The summed E-state index contributed by atoms with van der Waals surface area (Å²) in [5.41, 5.74) is 0. The lowest BCUT2D eigenvalue weighted by Crippen LogP contribution is -2.44. The number of carbonyl (C=O) groups excluding carboxylic acids is 1. The number of rotatable bonds is 4. The number of halogens is 1. The second kappa shape index (κ2) is 5.12. The zero-order valence-electron chi connectivity index (χ0n) is 8.49. The van der Waals surface area contributed by atoms with Crippen molar-refractivity contribution in [1.82, 2.24) is 4.90 Å². The van der Waals surface area contributed by atoms with E-state index >= 15 is 0 Å². The highest BCUT2D eigenvalue weighted by Crippen LogP contribution is 2.27. The van der Waals surface area contributed by atoms with E-state index in [4.69, 9.17) is 0 Å². The van der Waals surface area contributed by atoms with Crippen molar-refractivity contribution in [1.29, 1.82) is 0 Å². The first-order valence-electron chi connectivity index (χ1n) is 5.23. The van der Waals surface area contributed by atoms with Crippen LogP contribution in [0.25, 0.3) is 0 Å².